The highest BCUT2D eigenvalue weighted by Crippen LogP contribution is 2.13. The van der Waals surface area contributed by atoms with E-state index in [2.05, 4.69) is 10.6 Å². The normalized spacial score (nSPS) is 19.2. The monoisotopic (exact) mass is 257 g/mol. The lowest BCUT2D eigenvalue weighted by atomic mass is 10.2. The first-order valence-corrected chi connectivity index (χ1v) is 5.95. The van der Waals surface area contributed by atoms with Gasteiger partial charge >= 0.3 is 12.0 Å². The van der Waals surface area contributed by atoms with E-state index < -0.39 is 12.0 Å². The second kappa shape index (κ2) is 6.23. The van der Waals surface area contributed by atoms with Crippen LogP contribution in [0.2, 0.25) is 0 Å². The Balaban J connectivity index is 2.29. The van der Waals surface area contributed by atoms with E-state index in [0.717, 1.165) is 0 Å². The van der Waals surface area contributed by atoms with Crippen molar-refractivity contribution in [3.63, 3.8) is 0 Å². The van der Waals surface area contributed by atoms with Crippen LogP contribution in [0.4, 0.5) is 4.79 Å². The summed E-state index contributed by atoms with van der Waals surface area (Å²) in [5.74, 6) is -0.932. The van der Waals surface area contributed by atoms with Crippen molar-refractivity contribution in [2.24, 2.45) is 0 Å². The van der Waals surface area contributed by atoms with Crippen LogP contribution in [0, 0.1) is 0 Å². The maximum absolute atomic E-state index is 11.6. The number of carboxylic acids is 1. The number of amides is 3. The third kappa shape index (κ3) is 4.23. The molecule has 1 unspecified atom stereocenters. The molecule has 7 nitrogen and oxygen atoms in total. The number of rotatable bonds is 5. The van der Waals surface area contributed by atoms with Crippen molar-refractivity contribution in [2.75, 3.05) is 13.1 Å². The molecule has 0 radical (unpaired) electrons. The van der Waals surface area contributed by atoms with Crippen molar-refractivity contribution in [1.29, 1.82) is 0 Å². The maximum atomic E-state index is 11.6. The molecule has 3 amide bonds. The molecule has 1 rings (SSSR count). The number of urea groups is 1. The first kappa shape index (κ1) is 14.3. The first-order valence-electron chi connectivity index (χ1n) is 5.95. The van der Waals surface area contributed by atoms with Crippen LogP contribution in [0.25, 0.3) is 0 Å². The largest absolute Gasteiger partial charge is 0.481 e. The molecule has 0 saturated carbocycles. The van der Waals surface area contributed by atoms with Crippen LogP contribution in [0.3, 0.4) is 0 Å². The zero-order chi connectivity index (χ0) is 13.7. The van der Waals surface area contributed by atoms with Crippen LogP contribution in [0.5, 0.6) is 0 Å². The van der Waals surface area contributed by atoms with E-state index in [0.29, 0.717) is 13.0 Å². The van der Waals surface area contributed by atoms with Gasteiger partial charge in [0.1, 0.15) is 0 Å². The van der Waals surface area contributed by atoms with Crippen molar-refractivity contribution in [1.82, 2.24) is 15.5 Å². The summed E-state index contributed by atoms with van der Waals surface area (Å²) in [5, 5.41) is 13.5. The van der Waals surface area contributed by atoms with E-state index in [1.165, 1.54) is 0 Å². The molecule has 7 heteroatoms. The lowest BCUT2D eigenvalue weighted by Gasteiger charge is -2.21. The van der Waals surface area contributed by atoms with E-state index in [9.17, 15) is 14.4 Å². The van der Waals surface area contributed by atoms with Gasteiger partial charge in [0.15, 0.2) is 0 Å². The number of hydrogen-bond acceptors (Lipinski definition) is 3. The third-order valence-corrected chi connectivity index (χ3v) is 2.74. The van der Waals surface area contributed by atoms with Crippen molar-refractivity contribution in [3.05, 3.63) is 0 Å². The summed E-state index contributed by atoms with van der Waals surface area (Å²) < 4.78 is 0. The Morgan fingerprint density at radius 2 is 2.17 bits per heavy atom. The molecular weight excluding hydrogens is 238 g/mol. The number of carboxylic acid groups (broad SMARTS) is 1. The number of nitrogens with one attached hydrogen (secondary N) is 2. The summed E-state index contributed by atoms with van der Waals surface area (Å²) in [6.45, 7) is 4.43. The smallest absolute Gasteiger partial charge is 0.315 e. The molecule has 0 aromatic rings. The number of aliphatic carboxylic acids is 1. The zero-order valence-corrected chi connectivity index (χ0v) is 10.6. The van der Waals surface area contributed by atoms with Gasteiger partial charge in [0.05, 0.1) is 12.5 Å². The zero-order valence-electron chi connectivity index (χ0n) is 10.6. The SMILES string of the molecule is CC(C)N1CC(NC(=O)NCCC(=O)O)CC1=O. The van der Waals surface area contributed by atoms with Crippen LogP contribution < -0.4 is 10.6 Å². The van der Waals surface area contributed by atoms with Gasteiger partial charge in [0.2, 0.25) is 5.91 Å². The lowest BCUT2D eigenvalue weighted by Crippen LogP contribution is -2.44. The highest BCUT2D eigenvalue weighted by atomic mass is 16.4. The highest BCUT2D eigenvalue weighted by molar-refractivity contribution is 5.82. The molecule has 1 aliphatic rings. The maximum Gasteiger partial charge on any atom is 0.315 e. The van der Waals surface area contributed by atoms with Gasteiger partial charge in [0, 0.05) is 25.6 Å². The molecule has 1 saturated heterocycles. The molecule has 1 aliphatic heterocycles. The van der Waals surface area contributed by atoms with Crippen LogP contribution in [0.15, 0.2) is 0 Å². The quantitative estimate of drug-likeness (QED) is 0.633. The topological polar surface area (TPSA) is 98.7 Å². The predicted octanol–water partition coefficient (Wildman–Crippen LogP) is -0.230. The summed E-state index contributed by atoms with van der Waals surface area (Å²) in [5.41, 5.74) is 0. The standard InChI is InChI=1S/C11H19N3O4/c1-7(2)14-6-8(5-9(14)15)13-11(18)12-4-3-10(16)17/h7-8H,3-6H2,1-2H3,(H,16,17)(H2,12,13,18). The molecule has 0 aliphatic carbocycles. The van der Waals surface area contributed by atoms with Gasteiger partial charge in [-0.05, 0) is 13.8 Å². The van der Waals surface area contributed by atoms with Gasteiger partial charge in [-0.1, -0.05) is 0 Å². The van der Waals surface area contributed by atoms with Crippen molar-refractivity contribution in [2.45, 2.75) is 38.8 Å². The van der Waals surface area contributed by atoms with Gasteiger partial charge in [-0.2, -0.15) is 0 Å². The van der Waals surface area contributed by atoms with Gasteiger partial charge in [-0.25, -0.2) is 4.79 Å². The number of nitrogens with zero attached hydrogens (tertiary/aromatic N) is 1. The Labute approximate surface area is 106 Å². The van der Waals surface area contributed by atoms with E-state index >= 15 is 0 Å². The fourth-order valence-corrected chi connectivity index (χ4v) is 1.85. The average Bonchev–Trinajstić information content (AvgIpc) is 2.58. The summed E-state index contributed by atoms with van der Waals surface area (Å²) in [6.07, 6.45) is 0.180. The second-order valence-electron chi connectivity index (χ2n) is 4.58. The molecule has 0 aromatic carbocycles. The third-order valence-electron chi connectivity index (χ3n) is 2.74. The van der Waals surface area contributed by atoms with Crippen LogP contribution in [-0.2, 0) is 9.59 Å². The molecule has 102 valence electrons. The molecule has 0 bridgehead atoms. The fraction of sp³-hybridized carbons (Fsp3) is 0.727. The van der Waals surface area contributed by atoms with E-state index in [1.807, 2.05) is 13.8 Å². The predicted molar refractivity (Wildman–Crippen MR) is 64.0 cm³/mol. The van der Waals surface area contributed by atoms with Crippen LogP contribution in [-0.4, -0.2) is 53.1 Å². The lowest BCUT2D eigenvalue weighted by molar-refractivity contribution is -0.136. The number of hydrogen-bond donors (Lipinski definition) is 3. The van der Waals surface area contributed by atoms with E-state index in [-0.39, 0.29) is 31.0 Å². The fourth-order valence-electron chi connectivity index (χ4n) is 1.85. The highest BCUT2D eigenvalue weighted by Gasteiger charge is 2.31. The van der Waals surface area contributed by atoms with E-state index in [1.54, 1.807) is 4.90 Å². The van der Waals surface area contributed by atoms with Gasteiger partial charge in [0.25, 0.3) is 0 Å². The molecule has 0 spiro atoms. The summed E-state index contributed by atoms with van der Waals surface area (Å²) in [7, 11) is 0. The first-order chi connectivity index (χ1) is 8.40. The van der Waals surface area contributed by atoms with Crippen molar-refractivity contribution < 1.29 is 19.5 Å². The minimum absolute atomic E-state index is 0.0286. The van der Waals surface area contributed by atoms with Crippen LogP contribution >= 0.6 is 0 Å². The number of carbonyl (C=O) groups is 3. The summed E-state index contributed by atoms with van der Waals surface area (Å²) >= 11 is 0. The molecule has 1 heterocycles. The van der Waals surface area contributed by atoms with Crippen molar-refractivity contribution >= 4 is 17.9 Å². The van der Waals surface area contributed by atoms with Gasteiger partial charge in [-0.3, -0.25) is 9.59 Å². The molecule has 0 aromatic heterocycles. The van der Waals surface area contributed by atoms with Crippen molar-refractivity contribution in [3.8, 4) is 0 Å². The molecule has 1 fully saturated rings. The van der Waals surface area contributed by atoms with E-state index in [4.69, 9.17) is 5.11 Å². The Morgan fingerprint density at radius 1 is 1.50 bits per heavy atom. The minimum Gasteiger partial charge on any atom is -0.481 e. The molecule has 1 atom stereocenters. The Bertz CT molecular complexity index is 343. The average molecular weight is 257 g/mol. The summed E-state index contributed by atoms with van der Waals surface area (Å²) in [6, 6.07) is -0.510. The molecule has 3 N–H and O–H groups in total. The van der Waals surface area contributed by atoms with Gasteiger partial charge in [-0.15, -0.1) is 0 Å². The minimum atomic E-state index is -0.961. The van der Waals surface area contributed by atoms with Crippen LogP contribution in [0.1, 0.15) is 26.7 Å². The number of carbonyl (C=O) groups excluding carboxylic acids is 2. The number of likely N-dealkylation sites (tertiary alicyclic amines) is 1. The Hall–Kier alpha value is -1.79. The van der Waals surface area contributed by atoms with Gasteiger partial charge < -0.3 is 20.6 Å². The second-order valence-corrected chi connectivity index (χ2v) is 4.58. The molecule has 18 heavy (non-hydrogen) atoms. The Kier molecular flexibility index (Phi) is 4.94. The summed E-state index contributed by atoms with van der Waals surface area (Å²) in [4.78, 5) is 35.0. The Morgan fingerprint density at radius 3 is 2.67 bits per heavy atom. The molecular formula is C11H19N3O4.